The SMILES string of the molecule is CC(C)(C)c1cc(F)cc(C(N)=O)c1. The molecule has 0 radical (unpaired) electrons. The molecule has 0 aromatic heterocycles. The van der Waals surface area contributed by atoms with Crippen LogP contribution in [0.2, 0.25) is 0 Å². The molecule has 2 nitrogen and oxygen atoms in total. The zero-order valence-corrected chi connectivity index (χ0v) is 8.60. The molecule has 0 fully saturated rings. The minimum atomic E-state index is -0.602. The second kappa shape index (κ2) is 3.40. The van der Waals surface area contributed by atoms with Crippen LogP contribution in [0.3, 0.4) is 0 Å². The molecule has 1 rings (SSSR count). The van der Waals surface area contributed by atoms with Gasteiger partial charge in [0.2, 0.25) is 5.91 Å². The molecule has 0 bridgehead atoms. The van der Waals surface area contributed by atoms with Gasteiger partial charge in [0.15, 0.2) is 0 Å². The largest absolute Gasteiger partial charge is 0.366 e. The minimum absolute atomic E-state index is 0.188. The molecule has 14 heavy (non-hydrogen) atoms. The fraction of sp³-hybridized carbons (Fsp3) is 0.364. The monoisotopic (exact) mass is 195 g/mol. The Bertz CT molecular complexity index is 366. The number of primary amides is 1. The summed E-state index contributed by atoms with van der Waals surface area (Å²) in [5.74, 6) is -1.03. The van der Waals surface area contributed by atoms with Gasteiger partial charge in [-0.25, -0.2) is 4.39 Å². The van der Waals surface area contributed by atoms with Crippen molar-refractivity contribution in [3.63, 3.8) is 0 Å². The third kappa shape index (κ3) is 2.31. The van der Waals surface area contributed by atoms with E-state index in [4.69, 9.17) is 5.73 Å². The summed E-state index contributed by atoms with van der Waals surface area (Å²) in [4.78, 5) is 10.9. The quantitative estimate of drug-likeness (QED) is 0.733. The number of amides is 1. The summed E-state index contributed by atoms with van der Waals surface area (Å²) in [6.07, 6.45) is 0. The zero-order valence-electron chi connectivity index (χ0n) is 8.60. The molecule has 3 heteroatoms. The maximum Gasteiger partial charge on any atom is 0.248 e. The summed E-state index contributed by atoms with van der Waals surface area (Å²) in [6, 6.07) is 4.20. The molecule has 1 aromatic carbocycles. The fourth-order valence-corrected chi connectivity index (χ4v) is 1.16. The maximum absolute atomic E-state index is 13.1. The Hall–Kier alpha value is -1.38. The van der Waals surface area contributed by atoms with Gasteiger partial charge in [-0.3, -0.25) is 4.79 Å². The third-order valence-corrected chi connectivity index (χ3v) is 2.05. The molecule has 0 spiro atoms. The van der Waals surface area contributed by atoms with Gasteiger partial charge in [0, 0.05) is 5.56 Å². The second-order valence-electron chi connectivity index (χ2n) is 4.34. The Labute approximate surface area is 82.9 Å². The van der Waals surface area contributed by atoms with Crippen molar-refractivity contribution in [2.24, 2.45) is 5.73 Å². The van der Waals surface area contributed by atoms with Crippen LogP contribution in [-0.2, 0) is 5.41 Å². The van der Waals surface area contributed by atoms with E-state index in [2.05, 4.69) is 0 Å². The highest BCUT2D eigenvalue weighted by Crippen LogP contribution is 2.23. The molecule has 0 unspecified atom stereocenters. The van der Waals surface area contributed by atoms with Crippen LogP contribution in [0.5, 0.6) is 0 Å². The van der Waals surface area contributed by atoms with Crippen LogP contribution in [0.4, 0.5) is 4.39 Å². The first-order chi connectivity index (χ1) is 6.30. The predicted molar refractivity (Wildman–Crippen MR) is 53.6 cm³/mol. The minimum Gasteiger partial charge on any atom is -0.366 e. The summed E-state index contributed by atoms with van der Waals surface area (Å²) in [5, 5.41) is 0. The van der Waals surface area contributed by atoms with Crippen LogP contribution in [0.25, 0.3) is 0 Å². The van der Waals surface area contributed by atoms with Crippen molar-refractivity contribution in [3.8, 4) is 0 Å². The molecule has 0 atom stereocenters. The Kier molecular flexibility index (Phi) is 2.60. The molecule has 1 aromatic rings. The lowest BCUT2D eigenvalue weighted by Crippen LogP contribution is -2.16. The number of nitrogens with two attached hydrogens (primary N) is 1. The number of hydrogen-bond acceptors (Lipinski definition) is 1. The first-order valence-corrected chi connectivity index (χ1v) is 4.41. The highest BCUT2D eigenvalue weighted by atomic mass is 19.1. The van der Waals surface area contributed by atoms with Crippen LogP contribution >= 0.6 is 0 Å². The maximum atomic E-state index is 13.1. The lowest BCUT2D eigenvalue weighted by Gasteiger charge is -2.19. The van der Waals surface area contributed by atoms with Crippen molar-refractivity contribution >= 4 is 5.91 Å². The number of benzene rings is 1. The number of halogens is 1. The van der Waals surface area contributed by atoms with Crippen LogP contribution in [0.15, 0.2) is 18.2 Å². The van der Waals surface area contributed by atoms with Gasteiger partial charge in [0.1, 0.15) is 5.82 Å². The fourth-order valence-electron chi connectivity index (χ4n) is 1.16. The van der Waals surface area contributed by atoms with E-state index >= 15 is 0 Å². The number of rotatable bonds is 1. The number of hydrogen-bond donors (Lipinski definition) is 1. The topological polar surface area (TPSA) is 43.1 Å². The first-order valence-electron chi connectivity index (χ1n) is 4.41. The van der Waals surface area contributed by atoms with Crippen LogP contribution in [0.1, 0.15) is 36.7 Å². The van der Waals surface area contributed by atoms with Gasteiger partial charge in [-0.15, -0.1) is 0 Å². The van der Waals surface area contributed by atoms with E-state index in [0.29, 0.717) is 0 Å². The highest BCUT2D eigenvalue weighted by molar-refractivity contribution is 5.93. The molecule has 0 saturated carbocycles. The van der Waals surface area contributed by atoms with Gasteiger partial charge in [-0.2, -0.15) is 0 Å². The molecular weight excluding hydrogens is 181 g/mol. The van der Waals surface area contributed by atoms with Gasteiger partial charge < -0.3 is 5.73 Å². The molecule has 1 amide bonds. The van der Waals surface area contributed by atoms with Crippen molar-refractivity contribution in [3.05, 3.63) is 35.1 Å². The van der Waals surface area contributed by atoms with Crippen molar-refractivity contribution in [2.45, 2.75) is 26.2 Å². The van der Waals surface area contributed by atoms with Gasteiger partial charge in [0.05, 0.1) is 0 Å². The van der Waals surface area contributed by atoms with Gasteiger partial charge in [0.25, 0.3) is 0 Å². The number of carbonyl (C=O) groups is 1. The van der Waals surface area contributed by atoms with Crippen molar-refractivity contribution in [1.82, 2.24) is 0 Å². The van der Waals surface area contributed by atoms with Crippen molar-refractivity contribution < 1.29 is 9.18 Å². The molecule has 0 aliphatic rings. The molecule has 2 N–H and O–H groups in total. The van der Waals surface area contributed by atoms with E-state index in [1.54, 1.807) is 6.07 Å². The van der Waals surface area contributed by atoms with Crippen molar-refractivity contribution in [2.75, 3.05) is 0 Å². The van der Waals surface area contributed by atoms with E-state index < -0.39 is 11.7 Å². The molecule has 0 aliphatic carbocycles. The second-order valence-corrected chi connectivity index (χ2v) is 4.34. The number of carbonyl (C=O) groups excluding carboxylic acids is 1. The van der Waals surface area contributed by atoms with Crippen molar-refractivity contribution in [1.29, 1.82) is 0 Å². The van der Waals surface area contributed by atoms with Crippen LogP contribution in [0, 0.1) is 5.82 Å². The Balaban J connectivity index is 3.28. The molecule has 0 heterocycles. The predicted octanol–water partition coefficient (Wildman–Crippen LogP) is 2.22. The summed E-state index contributed by atoms with van der Waals surface area (Å²) >= 11 is 0. The first kappa shape index (κ1) is 10.7. The summed E-state index contributed by atoms with van der Waals surface area (Å²) < 4.78 is 13.1. The van der Waals surface area contributed by atoms with Gasteiger partial charge >= 0.3 is 0 Å². The van der Waals surface area contributed by atoms with E-state index in [1.807, 2.05) is 20.8 Å². The van der Waals surface area contributed by atoms with E-state index in [9.17, 15) is 9.18 Å². The lowest BCUT2D eigenvalue weighted by atomic mass is 9.86. The van der Waals surface area contributed by atoms with E-state index in [1.165, 1.54) is 6.07 Å². The molecule has 76 valence electrons. The third-order valence-electron chi connectivity index (χ3n) is 2.05. The van der Waals surface area contributed by atoms with E-state index in [-0.39, 0.29) is 11.0 Å². The molecule has 0 saturated heterocycles. The van der Waals surface area contributed by atoms with Crippen LogP contribution in [-0.4, -0.2) is 5.91 Å². The Morgan fingerprint density at radius 1 is 1.29 bits per heavy atom. The molecule has 0 aliphatic heterocycles. The van der Waals surface area contributed by atoms with E-state index in [0.717, 1.165) is 11.6 Å². The zero-order chi connectivity index (χ0) is 10.9. The average Bonchev–Trinajstić information content (AvgIpc) is 2.01. The molecular formula is C11H14FNO. The average molecular weight is 195 g/mol. The summed E-state index contributed by atoms with van der Waals surface area (Å²) in [6.45, 7) is 5.85. The summed E-state index contributed by atoms with van der Waals surface area (Å²) in [7, 11) is 0. The standard InChI is InChI=1S/C11H14FNO/c1-11(2,3)8-4-7(10(13)14)5-9(12)6-8/h4-6H,1-3H3,(H2,13,14). The highest BCUT2D eigenvalue weighted by Gasteiger charge is 2.16. The Morgan fingerprint density at radius 3 is 2.29 bits per heavy atom. The van der Waals surface area contributed by atoms with Gasteiger partial charge in [-0.05, 0) is 29.2 Å². The lowest BCUT2D eigenvalue weighted by molar-refractivity contribution is 0.0999. The Morgan fingerprint density at radius 2 is 1.86 bits per heavy atom. The smallest absolute Gasteiger partial charge is 0.248 e. The van der Waals surface area contributed by atoms with Gasteiger partial charge in [-0.1, -0.05) is 20.8 Å². The summed E-state index contributed by atoms with van der Waals surface area (Å²) in [5.41, 5.74) is 5.89. The van der Waals surface area contributed by atoms with Crippen LogP contribution < -0.4 is 5.73 Å². The normalized spacial score (nSPS) is 11.4.